The third-order valence-corrected chi connectivity index (χ3v) is 11.1. The van der Waals surface area contributed by atoms with E-state index in [1.54, 1.807) is 11.0 Å². The molecule has 258 valence electrons. The number of carbonyl (C=O) groups is 1. The van der Waals surface area contributed by atoms with Crippen LogP contribution in [0.4, 0.5) is 28.9 Å². The van der Waals surface area contributed by atoms with E-state index in [9.17, 15) is 18.8 Å². The molecular weight excluding hydrogens is 693 g/mol. The number of hydrogen-bond donors (Lipinski definition) is 1. The maximum atomic E-state index is 16.9. The number of aromatic nitrogens is 5. The molecule has 3 aromatic heterocycles. The third kappa shape index (κ3) is 5.44. The summed E-state index contributed by atoms with van der Waals surface area (Å²) in [6, 6.07) is 5.65. The number of fused-ring (bicyclic) bond motifs is 3. The maximum absolute atomic E-state index is 16.9. The van der Waals surface area contributed by atoms with Gasteiger partial charge in [-0.3, -0.25) is 4.90 Å². The molecular formula is C33H30ClF3N10O2S. The Bertz CT molecular complexity index is 2210. The molecule has 6 heterocycles. The van der Waals surface area contributed by atoms with Gasteiger partial charge in [-0.05, 0) is 44.0 Å². The third-order valence-electron chi connectivity index (χ3n) is 9.87. The van der Waals surface area contributed by atoms with Gasteiger partial charge in [-0.1, -0.05) is 22.9 Å². The minimum Gasteiger partial charge on any atom is -0.461 e. The van der Waals surface area contributed by atoms with E-state index >= 15 is 4.39 Å². The monoisotopic (exact) mass is 722 g/mol. The molecule has 2 N–H and O–H groups in total. The van der Waals surface area contributed by atoms with Crippen molar-refractivity contribution in [2.24, 2.45) is 0 Å². The van der Waals surface area contributed by atoms with E-state index in [-0.39, 0.29) is 68.0 Å². The summed E-state index contributed by atoms with van der Waals surface area (Å²) in [6.45, 7) is 2.67. The van der Waals surface area contributed by atoms with Crippen LogP contribution >= 0.6 is 22.9 Å². The van der Waals surface area contributed by atoms with Crippen molar-refractivity contribution in [2.45, 2.75) is 37.4 Å². The van der Waals surface area contributed by atoms with Gasteiger partial charge in [0.1, 0.15) is 36.0 Å². The summed E-state index contributed by atoms with van der Waals surface area (Å²) >= 11 is 7.77. The van der Waals surface area contributed by atoms with Crippen molar-refractivity contribution in [2.75, 3.05) is 56.5 Å². The predicted molar refractivity (Wildman–Crippen MR) is 182 cm³/mol. The Morgan fingerprint density at radius 1 is 1.14 bits per heavy atom. The molecule has 1 amide bonds. The minimum absolute atomic E-state index is 0.0129. The first-order valence-electron chi connectivity index (χ1n) is 16.2. The highest BCUT2D eigenvalue weighted by atomic mass is 35.5. The second kappa shape index (κ2) is 12.6. The van der Waals surface area contributed by atoms with Gasteiger partial charge in [0.15, 0.2) is 10.9 Å². The number of nitrogens with zero attached hydrogens (tertiary/aromatic N) is 9. The zero-order valence-electron chi connectivity index (χ0n) is 26.6. The molecule has 3 fully saturated rings. The van der Waals surface area contributed by atoms with Gasteiger partial charge >= 0.3 is 12.0 Å². The molecule has 50 heavy (non-hydrogen) atoms. The Balaban J connectivity index is 1.20. The number of rotatable bonds is 5. The lowest BCUT2D eigenvalue weighted by molar-refractivity contribution is 0.107. The number of benzene rings is 2. The number of nitrogens with two attached hydrogens (primary N) is 1. The van der Waals surface area contributed by atoms with Crippen molar-refractivity contribution < 1.29 is 22.7 Å². The second-order valence-corrected chi connectivity index (χ2v) is 14.2. The first kappa shape index (κ1) is 32.5. The quantitative estimate of drug-likeness (QED) is 0.243. The Labute approximate surface area is 292 Å². The SMILES string of the molecule is N#Cc1nccn1C(=O)N1CCCN(c2nc(OC[C@@]34CCCN3C[C@H](F)C4)nc3c(F)c(-c4ccc(F)c5sc(N)nc45)c(Cl)cc23)CC1. The van der Waals surface area contributed by atoms with Crippen LogP contribution in [0.15, 0.2) is 30.6 Å². The lowest BCUT2D eigenvalue weighted by atomic mass is 9.95. The van der Waals surface area contributed by atoms with Gasteiger partial charge in [-0.2, -0.15) is 15.2 Å². The minimum atomic E-state index is -0.962. The Morgan fingerprint density at radius 2 is 2.00 bits per heavy atom. The van der Waals surface area contributed by atoms with Crippen molar-refractivity contribution >= 4 is 61.0 Å². The first-order valence-corrected chi connectivity index (χ1v) is 17.4. The standard InChI is InChI=1S/C33H30ClF3N10O2S/c34-21-13-20-26(25(37)24(21)19-3-4-22(36)28-27(19)41-30(39)50-28)42-31(49-17-33-5-1-9-46(33)16-18(35)14-33)43-29(20)44-7-2-8-45(12-11-44)32(48)47-10-6-40-23(47)15-38/h3-4,6,10,13,18H,1-2,5,7-9,11-12,14,16-17H2,(H2,39,41)/t18-,33+/m1/s1. The van der Waals surface area contributed by atoms with Gasteiger partial charge in [-0.15, -0.1) is 0 Å². The fourth-order valence-corrected chi connectivity index (χ4v) is 8.63. The van der Waals surface area contributed by atoms with Crippen molar-refractivity contribution in [3.8, 4) is 23.2 Å². The summed E-state index contributed by atoms with van der Waals surface area (Å²) in [4.78, 5) is 36.5. The molecule has 3 aliphatic rings. The van der Waals surface area contributed by atoms with Crippen molar-refractivity contribution in [1.29, 1.82) is 5.26 Å². The number of nitriles is 1. The maximum Gasteiger partial charge on any atom is 0.330 e. The highest BCUT2D eigenvalue weighted by molar-refractivity contribution is 7.22. The molecule has 2 aromatic carbocycles. The highest BCUT2D eigenvalue weighted by Crippen LogP contribution is 2.44. The van der Waals surface area contributed by atoms with Crippen LogP contribution in [0.3, 0.4) is 0 Å². The lowest BCUT2D eigenvalue weighted by Gasteiger charge is -2.31. The lowest BCUT2D eigenvalue weighted by Crippen LogP contribution is -2.43. The van der Waals surface area contributed by atoms with E-state index < -0.39 is 23.3 Å². The number of carbonyl (C=O) groups excluding carboxylic acids is 1. The molecule has 3 saturated heterocycles. The summed E-state index contributed by atoms with van der Waals surface area (Å²) < 4.78 is 53.8. The number of nitrogen functional groups attached to an aromatic ring is 1. The first-order chi connectivity index (χ1) is 24.2. The smallest absolute Gasteiger partial charge is 0.330 e. The summed E-state index contributed by atoms with van der Waals surface area (Å²) in [5.74, 6) is -0.976. The average Bonchev–Trinajstić information content (AvgIpc) is 3.85. The largest absolute Gasteiger partial charge is 0.461 e. The average molecular weight is 723 g/mol. The van der Waals surface area contributed by atoms with Crippen molar-refractivity contribution in [1.82, 2.24) is 34.3 Å². The van der Waals surface area contributed by atoms with Crippen LogP contribution in [0.5, 0.6) is 6.01 Å². The molecule has 0 radical (unpaired) electrons. The van der Waals surface area contributed by atoms with E-state index in [2.05, 4.69) is 19.9 Å². The molecule has 0 unspecified atom stereocenters. The Morgan fingerprint density at radius 3 is 2.84 bits per heavy atom. The number of hydrogen-bond acceptors (Lipinski definition) is 11. The van der Waals surface area contributed by atoms with Crippen LogP contribution in [0.1, 0.15) is 31.5 Å². The van der Waals surface area contributed by atoms with Gasteiger partial charge in [-0.25, -0.2) is 32.5 Å². The number of anilines is 2. The van der Waals surface area contributed by atoms with Crippen LogP contribution < -0.4 is 15.4 Å². The molecule has 12 nitrogen and oxygen atoms in total. The van der Waals surface area contributed by atoms with Crippen molar-refractivity contribution in [3.05, 3.63) is 53.1 Å². The molecule has 0 bridgehead atoms. The number of ether oxygens (including phenoxy) is 1. The van der Waals surface area contributed by atoms with Gasteiger partial charge in [0, 0.05) is 68.1 Å². The van der Waals surface area contributed by atoms with E-state index in [0.29, 0.717) is 50.2 Å². The summed E-state index contributed by atoms with van der Waals surface area (Å²) in [7, 11) is 0. The van der Waals surface area contributed by atoms with Gasteiger partial charge in [0.25, 0.3) is 0 Å². The number of alkyl halides is 1. The molecule has 17 heteroatoms. The molecule has 0 aliphatic carbocycles. The summed E-state index contributed by atoms with van der Waals surface area (Å²) in [5, 5.41) is 9.84. The summed E-state index contributed by atoms with van der Waals surface area (Å²) in [6.07, 6.45) is 4.43. The van der Waals surface area contributed by atoms with E-state index in [4.69, 9.17) is 27.1 Å². The molecule has 2 atom stereocenters. The van der Waals surface area contributed by atoms with Crippen LogP contribution in [-0.4, -0.2) is 97.9 Å². The topological polar surface area (TPSA) is 142 Å². The Hall–Kier alpha value is -4.72. The molecule has 3 aliphatic heterocycles. The van der Waals surface area contributed by atoms with Gasteiger partial charge < -0.3 is 20.3 Å². The molecule has 8 rings (SSSR count). The molecule has 0 spiro atoms. The number of halogens is 4. The summed E-state index contributed by atoms with van der Waals surface area (Å²) in [5.41, 5.74) is 5.74. The van der Waals surface area contributed by atoms with E-state index in [0.717, 1.165) is 30.7 Å². The molecule has 5 aromatic rings. The number of thiazole rings is 1. The van der Waals surface area contributed by atoms with Gasteiger partial charge in [0.05, 0.1) is 20.8 Å². The van der Waals surface area contributed by atoms with Crippen LogP contribution in [-0.2, 0) is 0 Å². The molecule has 0 saturated carbocycles. The van der Waals surface area contributed by atoms with Gasteiger partial charge in [0.2, 0.25) is 5.82 Å². The normalized spacial score (nSPS) is 21.1. The van der Waals surface area contributed by atoms with Crippen molar-refractivity contribution in [3.63, 3.8) is 0 Å². The fraction of sp³-hybridized carbons (Fsp3) is 0.394. The van der Waals surface area contributed by atoms with E-state index in [1.165, 1.54) is 29.1 Å². The number of amides is 1. The van der Waals surface area contributed by atoms with Crippen LogP contribution in [0.25, 0.3) is 32.2 Å². The van der Waals surface area contributed by atoms with Crippen LogP contribution in [0, 0.1) is 23.0 Å². The zero-order chi connectivity index (χ0) is 34.7. The zero-order valence-corrected chi connectivity index (χ0v) is 28.2. The second-order valence-electron chi connectivity index (χ2n) is 12.8. The number of imidazole rings is 1. The predicted octanol–water partition coefficient (Wildman–Crippen LogP) is 5.62. The fourth-order valence-electron chi connectivity index (χ4n) is 7.57. The Kier molecular flexibility index (Phi) is 8.16. The van der Waals surface area contributed by atoms with Crippen LogP contribution in [0.2, 0.25) is 5.02 Å². The van der Waals surface area contributed by atoms with E-state index in [1.807, 2.05) is 11.0 Å². The highest BCUT2D eigenvalue weighted by Gasteiger charge is 2.49.